The van der Waals surface area contributed by atoms with Gasteiger partial charge < -0.3 is 5.32 Å². The number of nitrogens with one attached hydrogen (secondary N) is 2. The molecule has 0 aliphatic rings. The van der Waals surface area contributed by atoms with Gasteiger partial charge in [0.2, 0.25) is 0 Å². The van der Waals surface area contributed by atoms with E-state index in [9.17, 15) is 4.79 Å². The predicted molar refractivity (Wildman–Crippen MR) is 64.0 cm³/mol. The number of carbonyl (C=O) groups is 1. The van der Waals surface area contributed by atoms with Gasteiger partial charge in [-0.2, -0.15) is 15.4 Å². The molecule has 2 aromatic heterocycles. The Labute approximate surface area is 99.7 Å². The summed E-state index contributed by atoms with van der Waals surface area (Å²) in [6.07, 6.45) is 1.38. The number of benzene rings is 1. The lowest BCUT2D eigenvalue weighted by Gasteiger charge is -2.01. The summed E-state index contributed by atoms with van der Waals surface area (Å²) < 4.78 is 1.03. The number of thiazole rings is 1. The molecule has 2 heterocycles. The topological polar surface area (TPSA) is 83.6 Å². The van der Waals surface area contributed by atoms with Crippen LogP contribution in [0.15, 0.2) is 29.9 Å². The lowest BCUT2D eigenvalue weighted by molar-refractivity contribution is 0.102. The Kier molecular flexibility index (Phi) is 2.30. The largest absolute Gasteiger partial charge is 0.320 e. The molecule has 2 N–H and O–H groups in total. The van der Waals surface area contributed by atoms with E-state index in [4.69, 9.17) is 0 Å². The molecule has 3 rings (SSSR count). The van der Waals surface area contributed by atoms with E-state index in [2.05, 4.69) is 25.7 Å². The molecule has 0 fully saturated rings. The number of hydrogen-bond acceptors (Lipinski definition) is 5. The second-order valence-corrected chi connectivity index (χ2v) is 4.23. The first kappa shape index (κ1) is 9.91. The lowest BCUT2D eigenvalue weighted by Crippen LogP contribution is -2.12. The Hall–Kier alpha value is -2.28. The van der Waals surface area contributed by atoms with Crippen molar-refractivity contribution in [2.45, 2.75) is 0 Å². The highest BCUT2D eigenvalue weighted by atomic mass is 32.1. The van der Waals surface area contributed by atoms with Gasteiger partial charge in [-0.25, -0.2) is 4.98 Å². The minimum absolute atomic E-state index is 0.259. The third kappa shape index (κ3) is 1.87. The molecule has 0 saturated heterocycles. The predicted octanol–water partition coefficient (Wildman–Crippen LogP) is 1.67. The van der Waals surface area contributed by atoms with Gasteiger partial charge in [0, 0.05) is 5.69 Å². The molecule has 0 aliphatic heterocycles. The standard InChI is InChI=1S/C10H7N5OS/c16-10(8-4-12-15-14-8)13-6-1-2-7-9(3-6)17-5-11-7/h1-5H,(H,13,16)(H,12,14,15). The maximum Gasteiger partial charge on any atom is 0.277 e. The van der Waals surface area contributed by atoms with Crippen LogP contribution in [0.5, 0.6) is 0 Å². The van der Waals surface area contributed by atoms with Crippen molar-refractivity contribution in [3.05, 3.63) is 35.6 Å². The summed E-state index contributed by atoms with van der Waals surface area (Å²) in [7, 11) is 0. The highest BCUT2D eigenvalue weighted by Crippen LogP contribution is 2.21. The quantitative estimate of drug-likeness (QED) is 0.719. The van der Waals surface area contributed by atoms with Crippen molar-refractivity contribution in [3.63, 3.8) is 0 Å². The van der Waals surface area contributed by atoms with Gasteiger partial charge in [-0.05, 0) is 18.2 Å². The lowest BCUT2D eigenvalue weighted by atomic mass is 10.3. The molecule has 0 bridgehead atoms. The summed E-state index contributed by atoms with van der Waals surface area (Å²) in [5, 5.41) is 12.4. The highest BCUT2D eigenvalue weighted by molar-refractivity contribution is 7.16. The smallest absolute Gasteiger partial charge is 0.277 e. The van der Waals surface area contributed by atoms with Crippen molar-refractivity contribution in [1.82, 2.24) is 20.4 Å². The molecule has 3 aromatic rings. The van der Waals surface area contributed by atoms with Crippen LogP contribution in [0.4, 0.5) is 5.69 Å². The van der Waals surface area contributed by atoms with Gasteiger partial charge in [0.25, 0.3) is 5.91 Å². The SMILES string of the molecule is O=C(Nc1ccc2ncsc2c1)c1cn[nH]n1. The van der Waals surface area contributed by atoms with E-state index in [0.29, 0.717) is 0 Å². The minimum atomic E-state index is -0.289. The van der Waals surface area contributed by atoms with Gasteiger partial charge in [0.05, 0.1) is 21.9 Å². The van der Waals surface area contributed by atoms with E-state index >= 15 is 0 Å². The molecule has 0 saturated carbocycles. The second-order valence-electron chi connectivity index (χ2n) is 3.34. The van der Waals surface area contributed by atoms with Crippen LogP contribution in [0.2, 0.25) is 0 Å². The molecule has 6 nitrogen and oxygen atoms in total. The van der Waals surface area contributed by atoms with Crippen LogP contribution in [0.25, 0.3) is 10.2 Å². The van der Waals surface area contributed by atoms with Crippen LogP contribution in [-0.4, -0.2) is 26.3 Å². The van der Waals surface area contributed by atoms with Crippen LogP contribution in [-0.2, 0) is 0 Å². The monoisotopic (exact) mass is 245 g/mol. The molecule has 0 atom stereocenters. The number of nitrogens with zero attached hydrogens (tertiary/aromatic N) is 3. The maximum atomic E-state index is 11.7. The first-order valence-corrected chi connectivity index (χ1v) is 5.71. The Morgan fingerprint density at radius 3 is 3.18 bits per heavy atom. The average molecular weight is 245 g/mol. The second kappa shape index (κ2) is 3.95. The van der Waals surface area contributed by atoms with Crippen LogP contribution in [0.1, 0.15) is 10.5 Å². The molecular formula is C10H7N5OS. The summed E-state index contributed by atoms with van der Waals surface area (Å²) in [6, 6.07) is 5.55. The maximum absolute atomic E-state index is 11.7. The molecule has 0 radical (unpaired) electrons. The third-order valence-corrected chi connectivity index (χ3v) is 3.03. The molecule has 1 amide bonds. The van der Waals surface area contributed by atoms with Crippen molar-refractivity contribution in [2.75, 3.05) is 5.32 Å². The number of fused-ring (bicyclic) bond motifs is 1. The van der Waals surface area contributed by atoms with E-state index in [0.717, 1.165) is 15.9 Å². The number of H-pyrrole nitrogens is 1. The zero-order valence-electron chi connectivity index (χ0n) is 8.54. The van der Waals surface area contributed by atoms with Gasteiger partial charge in [-0.3, -0.25) is 4.79 Å². The van der Waals surface area contributed by atoms with E-state index in [1.807, 2.05) is 12.1 Å². The van der Waals surface area contributed by atoms with Gasteiger partial charge >= 0.3 is 0 Å². The summed E-state index contributed by atoms with van der Waals surface area (Å²) in [5.74, 6) is -0.289. The minimum Gasteiger partial charge on any atom is -0.320 e. The van der Waals surface area contributed by atoms with Crippen LogP contribution in [0, 0.1) is 0 Å². The first-order chi connectivity index (χ1) is 8.33. The normalized spacial score (nSPS) is 10.6. The summed E-state index contributed by atoms with van der Waals surface area (Å²) >= 11 is 1.53. The first-order valence-electron chi connectivity index (χ1n) is 4.83. The van der Waals surface area contributed by atoms with E-state index in [1.165, 1.54) is 17.5 Å². The molecular weight excluding hydrogens is 238 g/mol. The molecule has 17 heavy (non-hydrogen) atoms. The van der Waals surface area contributed by atoms with Crippen LogP contribution < -0.4 is 5.32 Å². The Morgan fingerprint density at radius 2 is 2.35 bits per heavy atom. The van der Waals surface area contributed by atoms with Crippen molar-refractivity contribution in [3.8, 4) is 0 Å². The Bertz CT molecular complexity index is 660. The average Bonchev–Trinajstić information content (AvgIpc) is 2.99. The number of rotatable bonds is 2. The number of aromatic amines is 1. The zero-order chi connectivity index (χ0) is 11.7. The number of carbonyl (C=O) groups excluding carboxylic acids is 1. The molecule has 0 aliphatic carbocycles. The van der Waals surface area contributed by atoms with Crippen LogP contribution >= 0.6 is 11.3 Å². The van der Waals surface area contributed by atoms with Crippen molar-refractivity contribution in [2.24, 2.45) is 0 Å². The van der Waals surface area contributed by atoms with Gasteiger partial charge in [0.15, 0.2) is 5.69 Å². The molecule has 7 heteroatoms. The number of aromatic nitrogens is 4. The third-order valence-electron chi connectivity index (χ3n) is 2.24. The van der Waals surface area contributed by atoms with Crippen molar-refractivity contribution in [1.29, 1.82) is 0 Å². The summed E-state index contributed by atoms with van der Waals surface area (Å²) in [5.41, 5.74) is 3.67. The van der Waals surface area contributed by atoms with E-state index in [-0.39, 0.29) is 11.6 Å². The highest BCUT2D eigenvalue weighted by Gasteiger charge is 2.09. The number of anilines is 1. The van der Waals surface area contributed by atoms with Gasteiger partial charge in [-0.15, -0.1) is 11.3 Å². The molecule has 84 valence electrons. The molecule has 0 unspecified atom stereocenters. The summed E-state index contributed by atoms with van der Waals surface area (Å²) in [4.78, 5) is 15.9. The van der Waals surface area contributed by atoms with Gasteiger partial charge in [0.1, 0.15) is 0 Å². The van der Waals surface area contributed by atoms with Crippen LogP contribution in [0.3, 0.4) is 0 Å². The fraction of sp³-hybridized carbons (Fsp3) is 0. The van der Waals surface area contributed by atoms with Crippen molar-refractivity contribution >= 4 is 33.1 Å². The van der Waals surface area contributed by atoms with Gasteiger partial charge in [-0.1, -0.05) is 0 Å². The van der Waals surface area contributed by atoms with E-state index in [1.54, 1.807) is 11.6 Å². The Morgan fingerprint density at radius 1 is 1.41 bits per heavy atom. The molecule has 0 spiro atoms. The Balaban J connectivity index is 1.87. The number of amides is 1. The zero-order valence-corrected chi connectivity index (χ0v) is 9.36. The summed E-state index contributed by atoms with van der Waals surface area (Å²) in [6.45, 7) is 0. The fourth-order valence-electron chi connectivity index (χ4n) is 1.44. The van der Waals surface area contributed by atoms with Crippen molar-refractivity contribution < 1.29 is 4.79 Å². The fourth-order valence-corrected chi connectivity index (χ4v) is 2.16. The number of hydrogen-bond donors (Lipinski definition) is 2. The van der Waals surface area contributed by atoms with E-state index < -0.39 is 0 Å². The molecule has 1 aromatic carbocycles.